The summed E-state index contributed by atoms with van der Waals surface area (Å²) in [6.07, 6.45) is -0.770. The Bertz CT molecular complexity index is 1260. The quantitative estimate of drug-likeness (QED) is 0.360. The van der Waals surface area contributed by atoms with Crippen LogP contribution in [0, 0.1) is 11.3 Å². The van der Waals surface area contributed by atoms with Gasteiger partial charge in [0.2, 0.25) is 5.91 Å². The van der Waals surface area contributed by atoms with Gasteiger partial charge in [-0.3, -0.25) is 19.7 Å². The van der Waals surface area contributed by atoms with Crippen molar-refractivity contribution in [3.8, 4) is 17.2 Å². The molecule has 0 saturated heterocycles. The summed E-state index contributed by atoms with van der Waals surface area (Å²) in [4.78, 5) is 30.7. The molecule has 0 unspecified atom stereocenters. The summed E-state index contributed by atoms with van der Waals surface area (Å²) in [6.45, 7) is 2.56. The summed E-state index contributed by atoms with van der Waals surface area (Å²) < 4.78 is 43.0. The van der Waals surface area contributed by atoms with Crippen LogP contribution < -0.4 is 10.6 Å². The molecule has 0 aliphatic heterocycles. The highest BCUT2D eigenvalue weighted by Crippen LogP contribution is 2.49. The zero-order valence-electron chi connectivity index (χ0n) is 23.1. The van der Waals surface area contributed by atoms with Crippen molar-refractivity contribution in [3.05, 3.63) is 59.7 Å². The fourth-order valence-electron chi connectivity index (χ4n) is 4.96. The van der Waals surface area contributed by atoms with Crippen LogP contribution in [0.2, 0.25) is 0 Å². The number of hydrogen-bond acceptors (Lipinski definition) is 5. The molecule has 0 aromatic heterocycles. The number of halogens is 3. The van der Waals surface area contributed by atoms with E-state index >= 15 is 0 Å². The number of hydroxylamine groups is 2. The average molecular weight is 557 g/mol. The van der Waals surface area contributed by atoms with Crippen molar-refractivity contribution in [1.82, 2.24) is 15.7 Å². The number of carbonyl (C=O) groups is 2. The molecule has 2 aromatic rings. The largest absolute Gasteiger partial charge is 0.336 e. The Morgan fingerprint density at radius 3 is 2.02 bits per heavy atom. The van der Waals surface area contributed by atoms with Crippen LogP contribution in [0.4, 0.5) is 13.2 Å². The molecule has 2 atom stereocenters. The highest BCUT2D eigenvalue weighted by Gasteiger charge is 2.53. The highest BCUT2D eigenvalue weighted by atomic mass is 19.3. The molecule has 2 fully saturated rings. The van der Waals surface area contributed by atoms with Gasteiger partial charge in [0.1, 0.15) is 11.2 Å². The number of rotatable bonds is 12. The molecule has 0 radical (unpaired) electrons. The minimum absolute atomic E-state index is 0.0966. The van der Waals surface area contributed by atoms with Crippen LogP contribution in [0.5, 0.6) is 0 Å². The summed E-state index contributed by atoms with van der Waals surface area (Å²) in [7, 11) is 3.03. The van der Waals surface area contributed by atoms with Crippen LogP contribution in [0.15, 0.2) is 48.5 Å². The fraction of sp³-hybridized carbons (Fsp3) is 0.500. The van der Waals surface area contributed by atoms with E-state index in [9.17, 15) is 28.0 Å². The minimum Gasteiger partial charge on any atom is -0.336 e. The molecule has 214 valence electrons. The summed E-state index contributed by atoms with van der Waals surface area (Å²) in [5.74, 6) is -0.767. The SMILES string of the molecule is CON(C)C(=O)C1(c2ccc(-c3ccc([C@H](N[C@@H](CC(C)(C)F)C(=O)NC4(C#N)CC4)C(F)F)cc3)cc2)CC1. The molecule has 2 N–H and O–H groups in total. The van der Waals surface area contributed by atoms with Gasteiger partial charge in [0.25, 0.3) is 12.3 Å². The van der Waals surface area contributed by atoms with Gasteiger partial charge in [-0.15, -0.1) is 0 Å². The van der Waals surface area contributed by atoms with Gasteiger partial charge in [-0.25, -0.2) is 18.2 Å². The average Bonchev–Trinajstić information content (AvgIpc) is 3.86. The van der Waals surface area contributed by atoms with Gasteiger partial charge in [0.15, 0.2) is 0 Å². The molecule has 2 aliphatic rings. The lowest BCUT2D eigenvalue weighted by Crippen LogP contribution is -2.52. The van der Waals surface area contributed by atoms with Crippen molar-refractivity contribution < 1.29 is 27.6 Å². The molecule has 0 spiro atoms. The van der Waals surface area contributed by atoms with E-state index in [4.69, 9.17) is 4.84 Å². The van der Waals surface area contributed by atoms with Crippen molar-refractivity contribution in [1.29, 1.82) is 5.26 Å². The number of alkyl halides is 3. The number of nitriles is 1. The molecule has 0 bridgehead atoms. The lowest BCUT2D eigenvalue weighted by atomic mass is 9.92. The van der Waals surface area contributed by atoms with Gasteiger partial charge in [0.05, 0.1) is 30.7 Å². The molecule has 2 saturated carbocycles. The molecule has 2 aromatic carbocycles. The number of nitrogens with zero attached hydrogens (tertiary/aromatic N) is 2. The second-order valence-corrected chi connectivity index (χ2v) is 11.4. The lowest BCUT2D eigenvalue weighted by Gasteiger charge is -2.29. The first-order valence-electron chi connectivity index (χ1n) is 13.3. The van der Waals surface area contributed by atoms with Gasteiger partial charge in [-0.05, 0) is 61.8 Å². The minimum atomic E-state index is -2.87. The first kappa shape index (κ1) is 29.6. The van der Waals surface area contributed by atoms with Crippen molar-refractivity contribution in [2.75, 3.05) is 14.2 Å². The van der Waals surface area contributed by atoms with E-state index in [1.807, 2.05) is 30.3 Å². The Labute approximate surface area is 232 Å². The molecular formula is C30H35F3N4O3. The highest BCUT2D eigenvalue weighted by molar-refractivity contribution is 5.90. The van der Waals surface area contributed by atoms with E-state index in [0.717, 1.165) is 29.5 Å². The molecule has 40 heavy (non-hydrogen) atoms. The lowest BCUT2D eigenvalue weighted by molar-refractivity contribution is -0.171. The predicted molar refractivity (Wildman–Crippen MR) is 144 cm³/mol. The molecule has 2 aliphatic carbocycles. The van der Waals surface area contributed by atoms with Crippen LogP contribution in [0.3, 0.4) is 0 Å². The monoisotopic (exact) mass is 556 g/mol. The Kier molecular flexibility index (Phi) is 8.29. The maximum atomic E-state index is 14.5. The van der Waals surface area contributed by atoms with E-state index in [-0.39, 0.29) is 17.9 Å². The van der Waals surface area contributed by atoms with Crippen molar-refractivity contribution in [3.63, 3.8) is 0 Å². The Balaban J connectivity index is 1.50. The Morgan fingerprint density at radius 2 is 1.60 bits per heavy atom. The second kappa shape index (κ2) is 11.2. The molecule has 4 rings (SSSR count). The van der Waals surface area contributed by atoms with E-state index < -0.39 is 41.0 Å². The van der Waals surface area contributed by atoms with E-state index in [0.29, 0.717) is 12.8 Å². The summed E-state index contributed by atoms with van der Waals surface area (Å²) in [6, 6.07) is 13.4. The van der Waals surface area contributed by atoms with Crippen LogP contribution in [0.1, 0.15) is 63.1 Å². The van der Waals surface area contributed by atoms with Crippen LogP contribution in [0.25, 0.3) is 11.1 Å². The number of nitrogens with one attached hydrogen (secondary N) is 2. The summed E-state index contributed by atoms with van der Waals surface area (Å²) in [5, 5.41) is 15.8. The first-order chi connectivity index (χ1) is 18.8. The summed E-state index contributed by atoms with van der Waals surface area (Å²) >= 11 is 0. The van der Waals surface area contributed by atoms with Crippen molar-refractivity contribution in [2.45, 2.75) is 81.1 Å². The molecule has 7 nitrogen and oxygen atoms in total. The third-order valence-electron chi connectivity index (χ3n) is 7.73. The van der Waals surface area contributed by atoms with Gasteiger partial charge >= 0.3 is 0 Å². The van der Waals surface area contributed by atoms with Gasteiger partial charge < -0.3 is 5.32 Å². The number of hydrogen-bond donors (Lipinski definition) is 2. The summed E-state index contributed by atoms with van der Waals surface area (Å²) in [5.41, 5.74) is -0.595. The van der Waals surface area contributed by atoms with Crippen LogP contribution in [-0.2, 0) is 19.8 Å². The Morgan fingerprint density at radius 1 is 1.05 bits per heavy atom. The second-order valence-electron chi connectivity index (χ2n) is 11.4. The van der Waals surface area contributed by atoms with Crippen molar-refractivity contribution >= 4 is 11.8 Å². The van der Waals surface area contributed by atoms with E-state index in [1.54, 1.807) is 31.3 Å². The van der Waals surface area contributed by atoms with E-state index in [1.165, 1.54) is 26.0 Å². The molecule has 2 amide bonds. The smallest absolute Gasteiger partial charge is 0.257 e. The van der Waals surface area contributed by atoms with Crippen LogP contribution >= 0.6 is 0 Å². The first-order valence-corrected chi connectivity index (χ1v) is 13.3. The van der Waals surface area contributed by atoms with Gasteiger partial charge in [-0.2, -0.15) is 5.26 Å². The van der Waals surface area contributed by atoms with Gasteiger partial charge in [0, 0.05) is 13.5 Å². The molecular weight excluding hydrogens is 521 g/mol. The van der Waals surface area contributed by atoms with Crippen LogP contribution in [-0.4, -0.2) is 54.7 Å². The molecule has 10 heteroatoms. The number of carbonyl (C=O) groups excluding carboxylic acids is 2. The molecule has 0 heterocycles. The zero-order valence-corrected chi connectivity index (χ0v) is 23.1. The number of likely N-dealkylation sites (N-methyl/N-ethyl adjacent to an activating group) is 1. The van der Waals surface area contributed by atoms with E-state index in [2.05, 4.69) is 10.6 Å². The normalized spacial score (nSPS) is 18.4. The number of benzene rings is 2. The zero-order chi connectivity index (χ0) is 29.3. The third-order valence-corrected chi connectivity index (χ3v) is 7.73. The fourth-order valence-corrected chi connectivity index (χ4v) is 4.96. The third kappa shape index (κ3) is 6.48. The maximum absolute atomic E-state index is 14.5. The topological polar surface area (TPSA) is 94.5 Å². The standard InChI is InChI=1S/C30H35F3N4O3/c1-28(2,33)17-23(26(38)36-29(18-34)13-14-29)35-24(25(31)32)21-7-5-19(6-8-21)20-9-11-22(12-10-20)30(15-16-30)27(39)37(3)40-4/h5-12,23-25,35H,13-17H2,1-4H3,(H,36,38)/t23-,24-/m0/s1. The Hall–Kier alpha value is -3.42. The maximum Gasteiger partial charge on any atom is 0.257 e. The number of amides is 2. The van der Waals surface area contributed by atoms with Gasteiger partial charge in [-0.1, -0.05) is 48.5 Å². The predicted octanol–water partition coefficient (Wildman–Crippen LogP) is 4.98. The van der Waals surface area contributed by atoms with Crippen molar-refractivity contribution in [2.24, 2.45) is 0 Å².